The second-order valence-electron chi connectivity index (χ2n) is 4.86. The molecular formula is C12H25N3S. The highest BCUT2D eigenvalue weighted by molar-refractivity contribution is 7.99. The van der Waals surface area contributed by atoms with Crippen LogP contribution in [0.5, 0.6) is 0 Å². The molecule has 0 aliphatic carbocycles. The normalized spacial score (nSPS) is 26.1. The van der Waals surface area contributed by atoms with Gasteiger partial charge in [-0.3, -0.25) is 4.90 Å². The van der Waals surface area contributed by atoms with E-state index in [9.17, 15) is 0 Å². The molecule has 0 aromatic rings. The average molecular weight is 243 g/mol. The summed E-state index contributed by atoms with van der Waals surface area (Å²) < 4.78 is 0. The Bertz CT molecular complexity index is 187. The van der Waals surface area contributed by atoms with Crippen molar-refractivity contribution in [1.82, 2.24) is 9.80 Å². The predicted octanol–water partition coefficient (Wildman–Crippen LogP) is 0.848. The number of nitrogens with two attached hydrogens (primary N) is 1. The molecule has 4 heteroatoms. The Kier molecular flexibility index (Phi) is 5.42. The Morgan fingerprint density at radius 3 is 2.38 bits per heavy atom. The highest BCUT2D eigenvalue weighted by atomic mass is 32.2. The van der Waals surface area contributed by atoms with Crippen LogP contribution in [0.15, 0.2) is 0 Å². The number of hydrogen-bond acceptors (Lipinski definition) is 4. The third kappa shape index (κ3) is 3.62. The smallest absolute Gasteiger partial charge is 0.0113 e. The van der Waals surface area contributed by atoms with Gasteiger partial charge in [-0.05, 0) is 43.9 Å². The fourth-order valence-corrected chi connectivity index (χ4v) is 3.80. The van der Waals surface area contributed by atoms with Crippen molar-refractivity contribution in [3.05, 3.63) is 0 Å². The molecule has 0 aromatic carbocycles. The van der Waals surface area contributed by atoms with Gasteiger partial charge in [-0.25, -0.2) is 0 Å². The van der Waals surface area contributed by atoms with E-state index in [-0.39, 0.29) is 0 Å². The zero-order valence-corrected chi connectivity index (χ0v) is 11.1. The van der Waals surface area contributed by atoms with Crippen molar-refractivity contribution in [1.29, 1.82) is 0 Å². The van der Waals surface area contributed by atoms with E-state index in [1.807, 2.05) is 0 Å². The maximum Gasteiger partial charge on any atom is 0.0113 e. The lowest BCUT2D eigenvalue weighted by Crippen LogP contribution is -2.51. The summed E-state index contributed by atoms with van der Waals surface area (Å²) in [5, 5.41) is 0. The van der Waals surface area contributed by atoms with E-state index in [2.05, 4.69) is 21.6 Å². The van der Waals surface area contributed by atoms with Gasteiger partial charge in [-0.1, -0.05) is 0 Å². The highest BCUT2D eigenvalue weighted by Crippen LogP contribution is 2.22. The van der Waals surface area contributed by atoms with Gasteiger partial charge in [0.15, 0.2) is 0 Å². The van der Waals surface area contributed by atoms with Crippen LogP contribution in [-0.4, -0.2) is 66.6 Å². The first-order valence-electron chi connectivity index (χ1n) is 6.64. The maximum atomic E-state index is 5.55. The molecule has 0 unspecified atom stereocenters. The average Bonchev–Trinajstić information content (AvgIpc) is 2.38. The molecule has 0 saturated carbocycles. The molecule has 0 spiro atoms. The van der Waals surface area contributed by atoms with Crippen molar-refractivity contribution < 1.29 is 0 Å². The Balaban J connectivity index is 1.67. The van der Waals surface area contributed by atoms with E-state index in [1.54, 1.807) is 0 Å². The van der Waals surface area contributed by atoms with Crippen LogP contribution in [0.3, 0.4) is 0 Å². The number of thioether (sulfide) groups is 1. The van der Waals surface area contributed by atoms with Crippen molar-refractivity contribution in [2.45, 2.75) is 25.3 Å². The van der Waals surface area contributed by atoms with Crippen LogP contribution in [0.25, 0.3) is 0 Å². The highest BCUT2D eigenvalue weighted by Gasteiger charge is 2.24. The first-order valence-corrected chi connectivity index (χ1v) is 7.80. The van der Waals surface area contributed by atoms with Crippen LogP contribution < -0.4 is 5.73 Å². The van der Waals surface area contributed by atoms with Crippen LogP contribution in [-0.2, 0) is 0 Å². The third-order valence-corrected chi connectivity index (χ3v) is 4.84. The molecule has 2 rings (SSSR count). The fourth-order valence-electron chi connectivity index (χ4n) is 2.72. The van der Waals surface area contributed by atoms with Gasteiger partial charge in [-0.2, -0.15) is 11.8 Å². The van der Waals surface area contributed by atoms with Crippen molar-refractivity contribution >= 4 is 11.8 Å². The SMILES string of the molecule is NCCCN1CCN(C2CCSCC2)CC1. The van der Waals surface area contributed by atoms with Gasteiger partial charge < -0.3 is 10.6 Å². The largest absolute Gasteiger partial charge is 0.330 e. The summed E-state index contributed by atoms with van der Waals surface area (Å²) in [5.74, 6) is 2.75. The van der Waals surface area contributed by atoms with Gasteiger partial charge in [0.1, 0.15) is 0 Å². The summed E-state index contributed by atoms with van der Waals surface area (Å²) >= 11 is 2.12. The molecule has 0 aromatic heterocycles. The Morgan fingerprint density at radius 1 is 1.06 bits per heavy atom. The second kappa shape index (κ2) is 6.84. The number of piperazine rings is 1. The lowest BCUT2D eigenvalue weighted by atomic mass is 10.1. The Morgan fingerprint density at radius 2 is 1.75 bits per heavy atom. The van der Waals surface area contributed by atoms with Crippen molar-refractivity contribution in [3.8, 4) is 0 Å². The zero-order valence-electron chi connectivity index (χ0n) is 10.2. The molecule has 2 aliphatic rings. The van der Waals surface area contributed by atoms with E-state index in [0.717, 1.165) is 19.0 Å². The molecule has 2 N–H and O–H groups in total. The van der Waals surface area contributed by atoms with E-state index in [1.165, 1.54) is 57.1 Å². The first kappa shape index (κ1) is 12.7. The molecule has 0 amide bonds. The minimum atomic E-state index is 0.833. The summed E-state index contributed by atoms with van der Waals surface area (Å²) in [6, 6.07) is 0.887. The van der Waals surface area contributed by atoms with Gasteiger partial charge in [0.05, 0.1) is 0 Å². The number of hydrogen-bond donors (Lipinski definition) is 1. The van der Waals surface area contributed by atoms with Crippen molar-refractivity contribution in [2.75, 3.05) is 50.8 Å². The summed E-state index contributed by atoms with van der Waals surface area (Å²) in [7, 11) is 0. The molecule has 0 atom stereocenters. The molecule has 0 bridgehead atoms. The van der Waals surface area contributed by atoms with Crippen LogP contribution >= 0.6 is 11.8 Å². The number of rotatable bonds is 4. The Labute approximate surface area is 104 Å². The van der Waals surface area contributed by atoms with Gasteiger partial charge >= 0.3 is 0 Å². The van der Waals surface area contributed by atoms with E-state index < -0.39 is 0 Å². The zero-order chi connectivity index (χ0) is 11.2. The fraction of sp³-hybridized carbons (Fsp3) is 1.00. The van der Waals surface area contributed by atoms with Crippen molar-refractivity contribution in [3.63, 3.8) is 0 Å². The third-order valence-electron chi connectivity index (χ3n) is 3.79. The molecule has 2 saturated heterocycles. The topological polar surface area (TPSA) is 32.5 Å². The van der Waals surface area contributed by atoms with Gasteiger partial charge in [0, 0.05) is 32.2 Å². The quantitative estimate of drug-likeness (QED) is 0.793. The van der Waals surface area contributed by atoms with E-state index >= 15 is 0 Å². The van der Waals surface area contributed by atoms with Crippen LogP contribution in [0.1, 0.15) is 19.3 Å². The molecule has 2 aliphatic heterocycles. The monoisotopic (exact) mass is 243 g/mol. The Hall–Kier alpha value is 0.230. The van der Waals surface area contributed by atoms with E-state index in [0.29, 0.717) is 0 Å². The van der Waals surface area contributed by atoms with Crippen molar-refractivity contribution in [2.24, 2.45) is 5.73 Å². The van der Waals surface area contributed by atoms with Gasteiger partial charge in [-0.15, -0.1) is 0 Å². The summed E-state index contributed by atoms with van der Waals surface area (Å²) in [4.78, 5) is 5.29. The standard InChI is InChI=1S/C12H25N3S/c13-4-1-5-14-6-8-15(9-7-14)12-2-10-16-11-3-12/h12H,1-11,13H2. The molecule has 3 nitrogen and oxygen atoms in total. The second-order valence-corrected chi connectivity index (χ2v) is 6.09. The molecule has 0 radical (unpaired) electrons. The first-order chi connectivity index (χ1) is 7.90. The minimum absolute atomic E-state index is 0.833. The lowest BCUT2D eigenvalue weighted by Gasteiger charge is -2.40. The molecule has 2 fully saturated rings. The maximum absolute atomic E-state index is 5.55. The summed E-state index contributed by atoms with van der Waals surface area (Å²) in [5.41, 5.74) is 5.55. The van der Waals surface area contributed by atoms with Crippen LogP contribution in [0.2, 0.25) is 0 Å². The molecule has 2 heterocycles. The summed E-state index contributed by atoms with van der Waals surface area (Å²) in [6.45, 7) is 7.10. The van der Waals surface area contributed by atoms with Gasteiger partial charge in [0.25, 0.3) is 0 Å². The lowest BCUT2D eigenvalue weighted by molar-refractivity contribution is 0.0917. The predicted molar refractivity (Wildman–Crippen MR) is 72.0 cm³/mol. The minimum Gasteiger partial charge on any atom is -0.330 e. The number of nitrogens with zero attached hydrogens (tertiary/aromatic N) is 2. The summed E-state index contributed by atoms with van der Waals surface area (Å²) in [6.07, 6.45) is 3.97. The molecule has 94 valence electrons. The van der Waals surface area contributed by atoms with Gasteiger partial charge in [0.2, 0.25) is 0 Å². The molecular weight excluding hydrogens is 218 g/mol. The van der Waals surface area contributed by atoms with Crippen LogP contribution in [0.4, 0.5) is 0 Å². The molecule has 16 heavy (non-hydrogen) atoms. The van der Waals surface area contributed by atoms with Crippen LogP contribution in [0, 0.1) is 0 Å². The van der Waals surface area contributed by atoms with E-state index in [4.69, 9.17) is 5.73 Å².